The minimum absolute atomic E-state index is 0.0580. The Morgan fingerprint density at radius 3 is 2.30 bits per heavy atom. The van der Waals surface area contributed by atoms with E-state index in [1.54, 1.807) is 0 Å². The molecule has 0 radical (unpaired) electrons. The van der Waals surface area contributed by atoms with Crippen LogP contribution in [-0.2, 0) is 6.61 Å². The van der Waals surface area contributed by atoms with Gasteiger partial charge in [-0.2, -0.15) is 0 Å². The molecule has 0 N–H and O–H groups in total. The lowest BCUT2D eigenvalue weighted by Gasteiger charge is -2.11. The maximum Gasteiger partial charge on any atom is 0.573 e. The summed E-state index contributed by atoms with van der Waals surface area (Å²) in [5.74, 6) is -0.0837. The first-order chi connectivity index (χ1) is 9.44. The highest BCUT2D eigenvalue weighted by Gasteiger charge is 2.31. The minimum Gasteiger partial charge on any atom is -0.487 e. The van der Waals surface area contributed by atoms with Crippen molar-refractivity contribution in [3.63, 3.8) is 0 Å². The highest BCUT2D eigenvalue weighted by Crippen LogP contribution is 2.32. The van der Waals surface area contributed by atoms with Crippen molar-refractivity contribution in [1.29, 1.82) is 0 Å². The van der Waals surface area contributed by atoms with Gasteiger partial charge in [0, 0.05) is 6.07 Å². The van der Waals surface area contributed by atoms with Gasteiger partial charge in [-0.15, -0.1) is 13.2 Å². The monoisotopic (exact) mass is 302 g/mol. The average molecular weight is 303 g/mol. The van der Waals surface area contributed by atoms with Gasteiger partial charge in [-0.1, -0.05) is 41.9 Å². The van der Waals surface area contributed by atoms with Gasteiger partial charge < -0.3 is 9.47 Å². The topological polar surface area (TPSA) is 18.5 Å². The lowest BCUT2D eigenvalue weighted by atomic mass is 10.2. The number of rotatable bonds is 4. The van der Waals surface area contributed by atoms with Crippen molar-refractivity contribution in [2.75, 3.05) is 0 Å². The second-order valence-electron chi connectivity index (χ2n) is 3.91. The quantitative estimate of drug-likeness (QED) is 0.806. The fourth-order valence-electron chi connectivity index (χ4n) is 1.53. The van der Waals surface area contributed by atoms with Crippen LogP contribution in [0.2, 0.25) is 5.02 Å². The number of hydrogen-bond acceptors (Lipinski definition) is 2. The highest BCUT2D eigenvalue weighted by atomic mass is 35.5. The fraction of sp³-hybridized carbons (Fsp3) is 0.143. The van der Waals surface area contributed by atoms with Gasteiger partial charge in [0.15, 0.2) is 0 Å². The Morgan fingerprint density at radius 2 is 1.70 bits per heavy atom. The van der Waals surface area contributed by atoms with E-state index >= 15 is 0 Å². The molecular formula is C14H10ClF3O2. The van der Waals surface area contributed by atoms with Gasteiger partial charge in [0.1, 0.15) is 18.1 Å². The Morgan fingerprint density at radius 1 is 1.00 bits per heavy atom. The zero-order chi connectivity index (χ0) is 14.6. The third-order valence-electron chi connectivity index (χ3n) is 2.37. The Hall–Kier alpha value is -1.88. The molecule has 0 unspecified atom stereocenters. The molecule has 2 aromatic carbocycles. The largest absolute Gasteiger partial charge is 0.573 e. The molecule has 6 heteroatoms. The fourth-order valence-corrected chi connectivity index (χ4v) is 1.76. The van der Waals surface area contributed by atoms with Crippen LogP contribution in [0.25, 0.3) is 0 Å². The third kappa shape index (κ3) is 4.35. The lowest BCUT2D eigenvalue weighted by Crippen LogP contribution is -2.17. The number of benzene rings is 2. The summed E-state index contributed by atoms with van der Waals surface area (Å²) in [5.41, 5.74) is 0.930. The molecule has 0 aromatic heterocycles. The Kier molecular flexibility index (Phi) is 4.39. The molecule has 0 aliphatic carbocycles. The zero-order valence-corrected chi connectivity index (χ0v) is 10.9. The predicted octanol–water partition coefficient (Wildman–Crippen LogP) is 4.82. The van der Waals surface area contributed by atoms with E-state index in [4.69, 9.17) is 16.3 Å². The summed E-state index contributed by atoms with van der Waals surface area (Å²) >= 11 is 5.85. The van der Waals surface area contributed by atoms with Gasteiger partial charge in [0.2, 0.25) is 0 Å². The Balaban J connectivity index is 2.03. The van der Waals surface area contributed by atoms with Crippen molar-refractivity contribution < 1.29 is 22.6 Å². The smallest absolute Gasteiger partial charge is 0.487 e. The molecule has 0 aliphatic heterocycles. The van der Waals surface area contributed by atoms with E-state index in [1.807, 2.05) is 30.3 Å². The number of hydrogen-bond donors (Lipinski definition) is 0. The first kappa shape index (κ1) is 14.5. The number of halogens is 4. The third-order valence-corrected chi connectivity index (χ3v) is 2.67. The van der Waals surface area contributed by atoms with Gasteiger partial charge in [-0.25, -0.2) is 0 Å². The first-order valence-electron chi connectivity index (χ1n) is 5.66. The van der Waals surface area contributed by atoms with Crippen LogP contribution in [0, 0.1) is 0 Å². The Bertz CT molecular complexity index is 570. The zero-order valence-electron chi connectivity index (χ0n) is 10.2. The van der Waals surface area contributed by atoms with Gasteiger partial charge in [0.05, 0.1) is 5.02 Å². The standard InChI is InChI=1S/C14H10ClF3O2/c15-12-8-11(20-14(16,17)18)6-7-13(12)19-9-10-4-2-1-3-5-10/h1-8H,9H2. The van der Waals surface area contributed by atoms with Gasteiger partial charge >= 0.3 is 6.36 Å². The van der Waals surface area contributed by atoms with Gasteiger partial charge in [-0.3, -0.25) is 0 Å². The van der Waals surface area contributed by atoms with Crippen LogP contribution in [0.15, 0.2) is 48.5 Å². The molecule has 0 saturated carbocycles. The summed E-state index contributed by atoms with van der Waals surface area (Å²) in [6.07, 6.45) is -4.74. The van der Waals surface area contributed by atoms with E-state index in [1.165, 1.54) is 6.07 Å². The second kappa shape index (κ2) is 6.05. The summed E-state index contributed by atoms with van der Waals surface area (Å²) in [6.45, 7) is 0.278. The molecule has 106 valence electrons. The SMILES string of the molecule is FC(F)(F)Oc1ccc(OCc2ccccc2)c(Cl)c1. The minimum atomic E-state index is -4.74. The summed E-state index contributed by atoms with van der Waals surface area (Å²) in [6, 6.07) is 12.9. The lowest BCUT2D eigenvalue weighted by molar-refractivity contribution is -0.274. The van der Waals surface area contributed by atoms with Crippen LogP contribution >= 0.6 is 11.6 Å². The van der Waals surface area contributed by atoms with E-state index in [2.05, 4.69) is 4.74 Å². The Labute approximate surface area is 118 Å². The van der Waals surface area contributed by atoms with Crippen molar-refractivity contribution in [1.82, 2.24) is 0 Å². The average Bonchev–Trinajstić information content (AvgIpc) is 2.37. The summed E-state index contributed by atoms with van der Waals surface area (Å²) in [4.78, 5) is 0. The summed E-state index contributed by atoms with van der Waals surface area (Å²) < 4.78 is 45.3. The van der Waals surface area contributed by atoms with Crippen LogP contribution in [0.4, 0.5) is 13.2 Å². The predicted molar refractivity (Wildman–Crippen MR) is 68.9 cm³/mol. The second-order valence-corrected chi connectivity index (χ2v) is 4.32. The van der Waals surface area contributed by atoms with E-state index < -0.39 is 6.36 Å². The molecule has 0 spiro atoms. The maximum absolute atomic E-state index is 12.0. The van der Waals surface area contributed by atoms with Crippen LogP contribution in [0.3, 0.4) is 0 Å². The first-order valence-corrected chi connectivity index (χ1v) is 6.04. The van der Waals surface area contributed by atoms with Crippen molar-refractivity contribution in [3.8, 4) is 11.5 Å². The van der Waals surface area contributed by atoms with Crippen LogP contribution in [0.5, 0.6) is 11.5 Å². The van der Waals surface area contributed by atoms with Gasteiger partial charge in [-0.05, 0) is 17.7 Å². The molecular weight excluding hydrogens is 293 g/mol. The van der Waals surface area contributed by atoms with Crippen LogP contribution in [-0.4, -0.2) is 6.36 Å². The molecule has 0 fully saturated rings. The molecule has 2 nitrogen and oxygen atoms in total. The number of alkyl halides is 3. The van der Waals surface area contributed by atoms with E-state index in [-0.39, 0.29) is 17.4 Å². The number of ether oxygens (including phenoxy) is 2. The van der Waals surface area contributed by atoms with Crippen LogP contribution in [0.1, 0.15) is 5.56 Å². The molecule has 0 saturated heterocycles. The molecule has 0 aliphatic rings. The molecule has 2 aromatic rings. The van der Waals surface area contributed by atoms with E-state index in [0.717, 1.165) is 17.7 Å². The highest BCUT2D eigenvalue weighted by molar-refractivity contribution is 6.32. The van der Waals surface area contributed by atoms with E-state index in [9.17, 15) is 13.2 Å². The molecule has 0 amide bonds. The molecule has 0 heterocycles. The van der Waals surface area contributed by atoms with Crippen LogP contribution < -0.4 is 9.47 Å². The van der Waals surface area contributed by atoms with Crippen molar-refractivity contribution in [2.24, 2.45) is 0 Å². The molecule has 0 atom stereocenters. The van der Waals surface area contributed by atoms with Crippen molar-refractivity contribution in [3.05, 3.63) is 59.1 Å². The molecule has 0 bridgehead atoms. The molecule has 2 rings (SSSR count). The summed E-state index contributed by atoms with van der Waals surface area (Å²) in [5, 5.41) is 0.0580. The summed E-state index contributed by atoms with van der Waals surface area (Å²) in [7, 11) is 0. The van der Waals surface area contributed by atoms with Crippen molar-refractivity contribution in [2.45, 2.75) is 13.0 Å². The van der Waals surface area contributed by atoms with Gasteiger partial charge in [0.25, 0.3) is 0 Å². The maximum atomic E-state index is 12.0. The van der Waals surface area contributed by atoms with Crippen molar-refractivity contribution >= 4 is 11.6 Å². The normalized spacial score (nSPS) is 11.2. The van der Waals surface area contributed by atoms with E-state index in [0.29, 0.717) is 5.75 Å². The molecule has 20 heavy (non-hydrogen) atoms.